The smallest absolute Gasteiger partial charge is 0.475 e. The molecule has 1 saturated heterocycles. The first kappa shape index (κ1) is 26.0. The Labute approximate surface area is 210 Å². The van der Waals surface area contributed by atoms with Crippen LogP contribution in [-0.2, 0) is 16.1 Å². The number of hydrogen-bond donors (Lipinski definition) is 2. The maximum atomic E-state index is 10.6. The van der Waals surface area contributed by atoms with Crippen molar-refractivity contribution in [2.24, 2.45) is 0 Å². The first-order valence-corrected chi connectivity index (χ1v) is 11.5. The highest BCUT2D eigenvalue weighted by molar-refractivity contribution is 5.73. The minimum absolute atomic E-state index is 0.760. The number of rotatable bonds is 6. The van der Waals surface area contributed by atoms with Gasteiger partial charge in [0.2, 0.25) is 0 Å². The zero-order valence-electron chi connectivity index (χ0n) is 19.7. The summed E-state index contributed by atoms with van der Waals surface area (Å²) in [7, 11) is 0. The summed E-state index contributed by atoms with van der Waals surface area (Å²) in [6, 6.07) is 14.2. The maximum absolute atomic E-state index is 10.6. The van der Waals surface area contributed by atoms with Crippen molar-refractivity contribution < 1.29 is 27.8 Å². The molecule has 0 saturated carbocycles. The summed E-state index contributed by atoms with van der Waals surface area (Å²) in [6.07, 6.45) is 2.59. The van der Waals surface area contributed by atoms with Crippen LogP contribution in [0, 0.1) is 0 Å². The summed E-state index contributed by atoms with van der Waals surface area (Å²) in [5, 5.41) is 11.7. The number of pyridine rings is 1. The van der Waals surface area contributed by atoms with E-state index in [2.05, 4.69) is 49.3 Å². The van der Waals surface area contributed by atoms with Crippen molar-refractivity contribution in [2.75, 3.05) is 32.8 Å². The highest BCUT2D eigenvalue weighted by Gasteiger charge is 2.38. The Kier molecular flexibility index (Phi) is 8.31. The summed E-state index contributed by atoms with van der Waals surface area (Å²) in [4.78, 5) is 23.7. The second-order valence-corrected chi connectivity index (χ2v) is 8.19. The Morgan fingerprint density at radius 2 is 1.73 bits per heavy atom. The standard InChI is InChI=1S/C23H24N6O.C2HF3O2/c1-2-4-18(5-3-1)22-16-25-23(27-22)21-14-19(6-7-24-21)20-15-26-29(17-20)9-8-28-10-12-30-13-11-28;3-2(4,5)1(6)7/h1-7,14-17H,8-13H2,(H,25,27);(H,6,7). The molecule has 0 atom stereocenters. The monoisotopic (exact) mass is 514 g/mol. The Bertz CT molecular complexity index is 1300. The zero-order valence-corrected chi connectivity index (χ0v) is 19.7. The van der Waals surface area contributed by atoms with E-state index in [1.54, 1.807) is 0 Å². The number of hydrogen-bond acceptors (Lipinski definition) is 6. The molecule has 0 radical (unpaired) electrons. The quantitative estimate of drug-likeness (QED) is 0.401. The Balaban J connectivity index is 0.000000405. The predicted octanol–water partition coefficient (Wildman–Crippen LogP) is 3.97. The summed E-state index contributed by atoms with van der Waals surface area (Å²) in [6.45, 7) is 5.50. The first-order chi connectivity index (χ1) is 17.8. The molecule has 4 aromatic rings. The third kappa shape index (κ3) is 7.24. The number of imidazole rings is 1. The molecular weight excluding hydrogens is 489 g/mol. The maximum Gasteiger partial charge on any atom is 0.490 e. The molecule has 1 fully saturated rings. The van der Waals surface area contributed by atoms with Crippen LogP contribution in [0.4, 0.5) is 13.2 Å². The molecule has 12 heteroatoms. The average Bonchev–Trinajstić information content (AvgIpc) is 3.59. The van der Waals surface area contributed by atoms with E-state index in [4.69, 9.17) is 14.6 Å². The van der Waals surface area contributed by atoms with Crippen LogP contribution >= 0.6 is 0 Å². The summed E-state index contributed by atoms with van der Waals surface area (Å²) in [5.74, 6) is -2.00. The lowest BCUT2D eigenvalue weighted by Gasteiger charge is -2.26. The second kappa shape index (κ2) is 11.8. The third-order valence-corrected chi connectivity index (χ3v) is 5.62. The molecule has 1 aromatic carbocycles. The lowest BCUT2D eigenvalue weighted by Crippen LogP contribution is -2.38. The van der Waals surface area contributed by atoms with Crippen molar-refractivity contribution >= 4 is 5.97 Å². The fraction of sp³-hybridized carbons (Fsp3) is 0.280. The molecule has 194 valence electrons. The number of nitrogens with zero attached hydrogens (tertiary/aromatic N) is 5. The van der Waals surface area contributed by atoms with Crippen molar-refractivity contribution in [3.8, 4) is 33.9 Å². The third-order valence-electron chi connectivity index (χ3n) is 5.62. The summed E-state index contributed by atoms with van der Waals surface area (Å²) < 4.78 is 39.2. The molecular formula is C25H25F3N6O3. The molecule has 9 nitrogen and oxygen atoms in total. The van der Waals surface area contributed by atoms with E-state index in [-0.39, 0.29) is 0 Å². The van der Waals surface area contributed by atoms with Crippen LogP contribution in [0.1, 0.15) is 0 Å². The van der Waals surface area contributed by atoms with Gasteiger partial charge in [-0.3, -0.25) is 14.6 Å². The van der Waals surface area contributed by atoms with Crippen molar-refractivity contribution in [3.05, 3.63) is 67.3 Å². The number of carboxylic acids is 1. The van der Waals surface area contributed by atoms with Gasteiger partial charge in [0.25, 0.3) is 0 Å². The molecule has 0 aliphatic carbocycles. The molecule has 0 bridgehead atoms. The molecule has 0 amide bonds. The number of H-pyrrole nitrogens is 1. The highest BCUT2D eigenvalue weighted by Crippen LogP contribution is 2.25. The SMILES string of the molecule is O=C(O)C(F)(F)F.c1ccc(-c2cnc(-c3cc(-c4cnn(CCN5CCOCC5)c4)ccn3)[nH]2)cc1. The van der Waals surface area contributed by atoms with Crippen LogP contribution in [0.15, 0.2) is 67.3 Å². The summed E-state index contributed by atoms with van der Waals surface area (Å²) >= 11 is 0. The van der Waals surface area contributed by atoms with Crippen LogP contribution in [0.3, 0.4) is 0 Å². The van der Waals surface area contributed by atoms with E-state index in [9.17, 15) is 13.2 Å². The summed E-state index contributed by atoms with van der Waals surface area (Å²) in [5.41, 5.74) is 5.06. The molecule has 5 rings (SSSR count). The normalized spacial score (nSPS) is 14.1. The molecule has 2 N–H and O–H groups in total. The van der Waals surface area contributed by atoms with Gasteiger partial charge in [0, 0.05) is 37.6 Å². The minimum Gasteiger partial charge on any atom is -0.475 e. The number of aromatic nitrogens is 5. The highest BCUT2D eigenvalue weighted by atomic mass is 19.4. The fourth-order valence-corrected chi connectivity index (χ4v) is 3.66. The number of alkyl halides is 3. The van der Waals surface area contributed by atoms with Crippen LogP contribution < -0.4 is 0 Å². The van der Waals surface area contributed by atoms with E-state index in [1.165, 1.54) is 0 Å². The van der Waals surface area contributed by atoms with Gasteiger partial charge in [-0.15, -0.1) is 0 Å². The van der Waals surface area contributed by atoms with E-state index in [0.717, 1.165) is 73.3 Å². The van der Waals surface area contributed by atoms with Gasteiger partial charge in [0.15, 0.2) is 5.82 Å². The molecule has 4 heterocycles. The van der Waals surface area contributed by atoms with Crippen LogP contribution in [0.5, 0.6) is 0 Å². The number of benzene rings is 1. The minimum atomic E-state index is -5.08. The number of ether oxygens (including phenoxy) is 1. The van der Waals surface area contributed by atoms with Crippen LogP contribution in [-0.4, -0.2) is 79.7 Å². The number of nitrogens with one attached hydrogen (secondary N) is 1. The lowest BCUT2D eigenvalue weighted by molar-refractivity contribution is -0.192. The second-order valence-electron chi connectivity index (χ2n) is 8.19. The van der Waals surface area contributed by atoms with E-state index < -0.39 is 12.1 Å². The Morgan fingerprint density at radius 1 is 1.00 bits per heavy atom. The van der Waals surface area contributed by atoms with E-state index in [1.807, 2.05) is 47.5 Å². The number of morpholine rings is 1. The van der Waals surface area contributed by atoms with Gasteiger partial charge in [0.05, 0.1) is 37.8 Å². The van der Waals surface area contributed by atoms with Gasteiger partial charge in [-0.2, -0.15) is 18.3 Å². The number of carbonyl (C=O) groups is 1. The van der Waals surface area contributed by atoms with Gasteiger partial charge >= 0.3 is 12.1 Å². The van der Waals surface area contributed by atoms with Gasteiger partial charge < -0.3 is 14.8 Å². The first-order valence-electron chi connectivity index (χ1n) is 11.5. The van der Waals surface area contributed by atoms with Gasteiger partial charge in [0.1, 0.15) is 5.69 Å². The zero-order chi connectivity index (χ0) is 26.3. The molecule has 0 unspecified atom stereocenters. The Hall–Kier alpha value is -4.03. The molecule has 0 spiro atoms. The number of halogens is 3. The fourth-order valence-electron chi connectivity index (χ4n) is 3.66. The topological polar surface area (TPSA) is 109 Å². The molecule has 3 aromatic heterocycles. The van der Waals surface area contributed by atoms with Crippen molar-refractivity contribution in [1.29, 1.82) is 0 Å². The number of aliphatic carboxylic acids is 1. The van der Waals surface area contributed by atoms with E-state index in [0.29, 0.717) is 0 Å². The molecule has 1 aliphatic rings. The van der Waals surface area contributed by atoms with Crippen LogP contribution in [0.2, 0.25) is 0 Å². The molecule has 1 aliphatic heterocycles. The van der Waals surface area contributed by atoms with E-state index >= 15 is 0 Å². The number of aromatic amines is 1. The predicted molar refractivity (Wildman–Crippen MR) is 129 cm³/mol. The van der Waals surface area contributed by atoms with Gasteiger partial charge in [-0.1, -0.05) is 30.3 Å². The van der Waals surface area contributed by atoms with Crippen LogP contribution in [0.25, 0.3) is 33.9 Å². The molecule has 37 heavy (non-hydrogen) atoms. The lowest BCUT2D eigenvalue weighted by atomic mass is 10.1. The largest absolute Gasteiger partial charge is 0.490 e. The number of carboxylic acid groups (broad SMARTS) is 1. The van der Waals surface area contributed by atoms with Crippen molar-refractivity contribution in [2.45, 2.75) is 12.7 Å². The Morgan fingerprint density at radius 3 is 2.43 bits per heavy atom. The van der Waals surface area contributed by atoms with Crippen molar-refractivity contribution in [3.63, 3.8) is 0 Å². The van der Waals surface area contributed by atoms with Gasteiger partial charge in [-0.05, 0) is 23.3 Å². The van der Waals surface area contributed by atoms with Crippen molar-refractivity contribution in [1.82, 2.24) is 29.6 Å². The average molecular weight is 515 g/mol. The van der Waals surface area contributed by atoms with Gasteiger partial charge in [-0.25, -0.2) is 9.78 Å².